The van der Waals surface area contributed by atoms with Crippen LogP contribution in [-0.4, -0.2) is 40.0 Å². The van der Waals surface area contributed by atoms with E-state index in [-0.39, 0.29) is 28.6 Å². The number of carbonyl (C=O) groups is 1. The molecule has 112 valence electrons. The molecule has 1 unspecified atom stereocenters. The van der Waals surface area contributed by atoms with Crippen molar-refractivity contribution in [3.05, 3.63) is 40.5 Å². The number of nitro groups is 1. The van der Waals surface area contributed by atoms with E-state index < -0.39 is 11.0 Å². The molecule has 1 aromatic rings. The number of hydrogen-bond donors (Lipinski definition) is 2. The molecule has 0 spiro atoms. The molecule has 6 nitrogen and oxygen atoms in total. The zero-order chi connectivity index (χ0) is 15.6. The Labute approximate surface area is 127 Å². The number of aliphatic hydroxyl groups is 1. The van der Waals surface area contributed by atoms with Gasteiger partial charge in [-0.1, -0.05) is 12.6 Å². The van der Waals surface area contributed by atoms with E-state index in [0.717, 1.165) is 6.42 Å². The summed E-state index contributed by atoms with van der Waals surface area (Å²) in [5.74, 6) is -0.310. The van der Waals surface area contributed by atoms with Crippen molar-refractivity contribution < 1.29 is 14.8 Å². The van der Waals surface area contributed by atoms with Crippen molar-refractivity contribution in [3.8, 4) is 0 Å². The molecule has 1 fully saturated rings. The number of aliphatic hydroxyl groups excluding tert-OH is 1. The highest BCUT2D eigenvalue weighted by atomic mass is 32.1. The maximum atomic E-state index is 12.3. The predicted octanol–water partition coefficient (Wildman–Crippen LogP) is 1.88. The number of benzene rings is 1. The predicted molar refractivity (Wildman–Crippen MR) is 81.2 cm³/mol. The number of carbonyl (C=O) groups excluding carboxylic acids is 1. The van der Waals surface area contributed by atoms with Crippen molar-refractivity contribution in [1.29, 1.82) is 0 Å². The average Bonchev–Trinajstić information content (AvgIpc) is 2.46. The van der Waals surface area contributed by atoms with Crippen LogP contribution in [0.2, 0.25) is 0 Å². The molecule has 1 N–H and O–H groups in total. The van der Waals surface area contributed by atoms with Gasteiger partial charge in [0, 0.05) is 24.7 Å². The maximum absolute atomic E-state index is 12.3. The Morgan fingerprint density at radius 1 is 1.52 bits per heavy atom. The molecule has 21 heavy (non-hydrogen) atoms. The van der Waals surface area contributed by atoms with Crippen LogP contribution in [0.1, 0.15) is 18.4 Å². The molecule has 1 aliphatic heterocycles. The largest absolute Gasteiger partial charge is 0.391 e. The first kappa shape index (κ1) is 15.5. The Morgan fingerprint density at radius 3 is 2.86 bits per heavy atom. The van der Waals surface area contributed by atoms with Gasteiger partial charge in [0.2, 0.25) is 0 Å². The second-order valence-corrected chi connectivity index (χ2v) is 5.47. The van der Waals surface area contributed by atoms with Gasteiger partial charge >= 0.3 is 0 Å². The topological polar surface area (TPSA) is 83.7 Å². The Hall–Kier alpha value is -1.86. The van der Waals surface area contributed by atoms with E-state index in [9.17, 15) is 20.0 Å². The van der Waals surface area contributed by atoms with Gasteiger partial charge in [-0.2, -0.15) is 0 Å². The van der Waals surface area contributed by atoms with Gasteiger partial charge in [0.05, 0.1) is 15.9 Å². The van der Waals surface area contributed by atoms with Crippen LogP contribution in [0.25, 0.3) is 5.57 Å². The lowest BCUT2D eigenvalue weighted by Gasteiger charge is -2.30. The minimum absolute atomic E-state index is 0.163. The summed E-state index contributed by atoms with van der Waals surface area (Å²) in [5, 5.41) is 20.5. The third kappa shape index (κ3) is 3.43. The van der Waals surface area contributed by atoms with E-state index in [4.69, 9.17) is 0 Å². The molecule has 0 saturated carbocycles. The van der Waals surface area contributed by atoms with Crippen molar-refractivity contribution in [1.82, 2.24) is 4.90 Å². The van der Waals surface area contributed by atoms with Gasteiger partial charge in [-0.3, -0.25) is 14.9 Å². The number of piperidine rings is 1. The quantitative estimate of drug-likeness (QED) is 0.386. The lowest BCUT2D eigenvalue weighted by molar-refractivity contribution is -0.387. The normalized spacial score (nSPS) is 18.4. The smallest absolute Gasteiger partial charge is 0.283 e. The zero-order valence-corrected chi connectivity index (χ0v) is 12.3. The number of nitro benzene ring substituents is 1. The van der Waals surface area contributed by atoms with Gasteiger partial charge in [0.1, 0.15) is 0 Å². The fraction of sp³-hybridized carbons (Fsp3) is 0.357. The number of thiol groups is 1. The molecule has 1 amide bonds. The molecular formula is C14H16N2O4S. The number of hydrogen-bond acceptors (Lipinski definition) is 5. The Bertz CT molecular complexity index is 603. The number of likely N-dealkylation sites (tertiary alicyclic amines) is 1. The lowest BCUT2D eigenvalue weighted by atomic mass is 10.0. The van der Waals surface area contributed by atoms with Crippen LogP contribution < -0.4 is 0 Å². The van der Waals surface area contributed by atoms with Crippen molar-refractivity contribution in [2.45, 2.75) is 23.8 Å². The number of nitrogens with zero attached hydrogens (tertiary/aromatic N) is 2. The van der Waals surface area contributed by atoms with Gasteiger partial charge in [0.25, 0.3) is 11.6 Å². The van der Waals surface area contributed by atoms with E-state index in [1.807, 2.05) is 0 Å². The number of amides is 1. The summed E-state index contributed by atoms with van der Waals surface area (Å²) in [4.78, 5) is 24.5. The van der Waals surface area contributed by atoms with Crippen LogP contribution in [0.4, 0.5) is 5.69 Å². The molecule has 7 heteroatoms. The van der Waals surface area contributed by atoms with Gasteiger partial charge in [-0.05, 0) is 24.5 Å². The third-order valence-corrected chi connectivity index (χ3v) is 3.84. The molecule has 1 aromatic carbocycles. The number of rotatable bonds is 3. The molecule has 0 bridgehead atoms. The fourth-order valence-electron chi connectivity index (χ4n) is 2.31. The fourth-order valence-corrected chi connectivity index (χ4v) is 2.53. The molecule has 0 radical (unpaired) electrons. The van der Waals surface area contributed by atoms with Crippen LogP contribution in [-0.2, 0) is 4.79 Å². The summed E-state index contributed by atoms with van der Waals surface area (Å²) >= 11 is 4.02. The summed E-state index contributed by atoms with van der Waals surface area (Å²) < 4.78 is 0. The molecule has 1 saturated heterocycles. The van der Waals surface area contributed by atoms with Gasteiger partial charge < -0.3 is 10.0 Å². The van der Waals surface area contributed by atoms with Crippen molar-refractivity contribution >= 4 is 29.8 Å². The monoisotopic (exact) mass is 308 g/mol. The van der Waals surface area contributed by atoms with Crippen molar-refractivity contribution in [2.24, 2.45) is 0 Å². The van der Waals surface area contributed by atoms with Crippen LogP contribution in [0, 0.1) is 10.1 Å². The van der Waals surface area contributed by atoms with E-state index in [1.54, 1.807) is 6.07 Å². The minimum atomic E-state index is -0.547. The van der Waals surface area contributed by atoms with E-state index in [2.05, 4.69) is 19.2 Å². The lowest BCUT2D eigenvalue weighted by Crippen LogP contribution is -2.42. The van der Waals surface area contributed by atoms with Crippen LogP contribution >= 0.6 is 12.6 Å². The molecule has 2 rings (SSSR count). The van der Waals surface area contributed by atoms with Crippen molar-refractivity contribution in [3.63, 3.8) is 0 Å². The number of β-amino-alcohol motifs (C(OH)–C–C–N with tert-alkyl or cyclic N) is 1. The summed E-state index contributed by atoms with van der Waals surface area (Å²) in [6.07, 6.45) is 0.885. The highest BCUT2D eigenvalue weighted by Gasteiger charge is 2.25. The molecule has 1 atom stereocenters. The molecular weight excluding hydrogens is 292 g/mol. The summed E-state index contributed by atoms with van der Waals surface area (Å²) in [6.45, 7) is 4.56. The Balaban J connectivity index is 2.21. The highest BCUT2D eigenvalue weighted by Crippen LogP contribution is 2.27. The second kappa shape index (κ2) is 6.28. The Morgan fingerprint density at radius 2 is 2.24 bits per heavy atom. The molecule has 0 aromatic heterocycles. The van der Waals surface area contributed by atoms with Gasteiger partial charge in [-0.25, -0.2) is 0 Å². The van der Waals surface area contributed by atoms with Crippen molar-refractivity contribution in [2.75, 3.05) is 13.1 Å². The minimum Gasteiger partial charge on any atom is -0.391 e. The molecule has 1 aliphatic rings. The first-order valence-corrected chi connectivity index (χ1v) is 6.99. The van der Waals surface area contributed by atoms with Gasteiger partial charge in [0.15, 0.2) is 0 Å². The second-order valence-electron chi connectivity index (χ2n) is 4.99. The average molecular weight is 308 g/mol. The van der Waals surface area contributed by atoms with Crippen LogP contribution in [0.3, 0.4) is 0 Å². The summed E-state index contributed by atoms with van der Waals surface area (Å²) in [7, 11) is 0. The Kier molecular flexibility index (Phi) is 4.64. The maximum Gasteiger partial charge on any atom is 0.283 e. The SMILES string of the molecule is C=C(C(=O)N1CCCC(O)C1)c1ccc(S)c([N+](=O)[O-])c1. The van der Waals surface area contributed by atoms with E-state index >= 15 is 0 Å². The third-order valence-electron chi connectivity index (χ3n) is 3.46. The van der Waals surface area contributed by atoms with Crippen LogP contribution in [0.15, 0.2) is 29.7 Å². The summed E-state index contributed by atoms with van der Waals surface area (Å²) in [5.41, 5.74) is 0.411. The summed E-state index contributed by atoms with van der Waals surface area (Å²) in [6, 6.07) is 4.35. The van der Waals surface area contributed by atoms with Gasteiger partial charge in [-0.15, -0.1) is 12.6 Å². The standard InChI is InChI=1S/C14H16N2O4S/c1-9(14(18)15-6-2-3-11(17)8-15)10-4-5-13(21)12(7-10)16(19)20/h4-5,7,11,17,21H,1-3,6,8H2. The highest BCUT2D eigenvalue weighted by molar-refractivity contribution is 7.80. The first-order valence-electron chi connectivity index (χ1n) is 6.54. The first-order chi connectivity index (χ1) is 9.90. The van der Waals surface area contributed by atoms with Crippen LogP contribution in [0.5, 0.6) is 0 Å². The van der Waals surface area contributed by atoms with E-state index in [1.165, 1.54) is 17.0 Å². The molecule has 1 heterocycles. The molecule has 0 aliphatic carbocycles. The zero-order valence-electron chi connectivity index (χ0n) is 11.4. The van der Waals surface area contributed by atoms with E-state index in [0.29, 0.717) is 18.5 Å².